The Bertz CT molecular complexity index is 1220. The second-order valence-corrected chi connectivity index (χ2v) is 8.56. The van der Waals surface area contributed by atoms with E-state index in [1.807, 2.05) is 0 Å². The molecule has 2 aliphatic rings. The second kappa shape index (κ2) is 7.47. The van der Waals surface area contributed by atoms with Crippen LogP contribution in [0, 0.1) is 5.41 Å². The number of amides is 1. The molecule has 0 radical (unpaired) electrons. The first-order valence-corrected chi connectivity index (χ1v) is 10.7. The lowest BCUT2D eigenvalue weighted by molar-refractivity contribution is -0.114. The molecule has 8 nitrogen and oxygen atoms in total. The van der Waals surface area contributed by atoms with Gasteiger partial charge in [-0.15, -0.1) is 0 Å². The summed E-state index contributed by atoms with van der Waals surface area (Å²) in [5.74, 6) is -0.727. The zero-order chi connectivity index (χ0) is 20.6. The summed E-state index contributed by atoms with van der Waals surface area (Å²) < 4.78 is 29.8. The van der Waals surface area contributed by atoms with Crippen LogP contribution in [0.25, 0.3) is 6.08 Å². The molecule has 0 unspecified atom stereocenters. The van der Waals surface area contributed by atoms with E-state index in [0.717, 1.165) is 11.8 Å². The summed E-state index contributed by atoms with van der Waals surface area (Å²) in [5, 5.41) is 13.7. The van der Waals surface area contributed by atoms with Crippen LogP contribution in [0.2, 0.25) is 5.02 Å². The summed E-state index contributed by atoms with van der Waals surface area (Å²) in [5.41, 5.74) is 2.00. The number of benzene rings is 2. The van der Waals surface area contributed by atoms with Gasteiger partial charge in [-0.1, -0.05) is 35.9 Å². The fourth-order valence-corrected chi connectivity index (χ4v) is 4.38. The number of hydrogen-bond donors (Lipinski definition) is 1. The minimum Gasteiger partial charge on any atom is -0.377 e. The molecule has 0 fully saturated rings. The first-order valence-electron chi connectivity index (χ1n) is 8.07. The molecule has 11 heteroatoms. The average molecular weight is 447 g/mol. The van der Waals surface area contributed by atoms with E-state index in [1.165, 1.54) is 47.0 Å². The van der Waals surface area contributed by atoms with E-state index in [0.29, 0.717) is 10.7 Å². The van der Waals surface area contributed by atoms with Crippen LogP contribution in [-0.4, -0.2) is 35.9 Å². The molecular weight excluding hydrogens is 436 g/mol. The summed E-state index contributed by atoms with van der Waals surface area (Å²) >= 11 is 7.33. The average Bonchev–Trinajstić information content (AvgIpc) is 3.16. The van der Waals surface area contributed by atoms with Gasteiger partial charge in [0.25, 0.3) is 5.91 Å². The molecule has 0 saturated carbocycles. The minimum absolute atomic E-state index is 0.00112. The largest absolute Gasteiger partial charge is 0.377 e. The molecule has 1 N–H and O–H groups in total. The van der Waals surface area contributed by atoms with Gasteiger partial charge in [-0.3, -0.25) is 10.2 Å². The highest BCUT2D eigenvalue weighted by Gasteiger charge is 2.32. The smallest absolute Gasteiger partial charge is 0.339 e. The second-order valence-electron chi connectivity index (χ2n) is 5.80. The number of thioether (sulfide) groups is 1. The maximum absolute atomic E-state index is 12.3. The molecule has 0 saturated heterocycles. The fraction of sp³-hybridized carbons (Fsp3) is 0. The van der Waals surface area contributed by atoms with E-state index in [4.69, 9.17) is 21.2 Å². The van der Waals surface area contributed by atoms with Crippen molar-refractivity contribution in [1.29, 1.82) is 5.41 Å². The predicted octanol–water partition coefficient (Wildman–Crippen LogP) is 3.36. The van der Waals surface area contributed by atoms with Gasteiger partial charge in [0.05, 0.1) is 16.1 Å². The molecule has 2 aromatic rings. The zero-order valence-electron chi connectivity index (χ0n) is 14.4. The lowest BCUT2D eigenvalue weighted by Crippen LogP contribution is -2.35. The predicted molar refractivity (Wildman–Crippen MR) is 112 cm³/mol. The molecule has 0 aromatic heterocycles. The number of nitrogens with one attached hydrogen (secondary N) is 1. The van der Waals surface area contributed by atoms with Crippen molar-refractivity contribution in [3.63, 3.8) is 0 Å². The van der Waals surface area contributed by atoms with Crippen LogP contribution in [0.15, 0.2) is 69.1 Å². The number of carbonyl (C=O) groups is 1. The molecule has 0 atom stereocenters. The third-order valence-electron chi connectivity index (χ3n) is 3.89. The molecule has 2 aromatic carbocycles. The Morgan fingerprint density at radius 3 is 2.66 bits per heavy atom. The maximum atomic E-state index is 12.3. The molecule has 2 heterocycles. The van der Waals surface area contributed by atoms with Crippen LogP contribution >= 0.6 is 23.4 Å². The van der Waals surface area contributed by atoms with Crippen LogP contribution in [0.5, 0.6) is 5.75 Å². The zero-order valence-corrected chi connectivity index (χ0v) is 16.8. The SMILES string of the molecule is N=C1/C(=C/c2ccc(OS(=O)(=O)c3ccccc3)c(Cl)c2)C(=O)N=C2SC=NN12. The lowest BCUT2D eigenvalue weighted by atomic mass is 10.1. The van der Waals surface area contributed by atoms with Gasteiger partial charge in [0.2, 0.25) is 0 Å². The van der Waals surface area contributed by atoms with Crippen LogP contribution in [0.4, 0.5) is 0 Å². The normalized spacial score (nSPS) is 17.5. The van der Waals surface area contributed by atoms with Crippen molar-refractivity contribution in [3.05, 3.63) is 64.7 Å². The van der Waals surface area contributed by atoms with Gasteiger partial charge < -0.3 is 4.18 Å². The van der Waals surface area contributed by atoms with Gasteiger partial charge in [-0.05, 0) is 47.7 Å². The summed E-state index contributed by atoms with van der Waals surface area (Å²) in [6.45, 7) is 0. The van der Waals surface area contributed by atoms with E-state index in [1.54, 1.807) is 18.2 Å². The number of aliphatic imine (C=N–C) groups is 1. The quantitative estimate of drug-likeness (QED) is 0.569. The third kappa shape index (κ3) is 3.82. The fourth-order valence-electron chi connectivity index (χ4n) is 2.53. The number of amidine groups is 2. The third-order valence-corrected chi connectivity index (χ3v) is 6.11. The monoisotopic (exact) mass is 446 g/mol. The van der Waals surface area contributed by atoms with Crippen molar-refractivity contribution in [2.45, 2.75) is 4.90 Å². The van der Waals surface area contributed by atoms with E-state index >= 15 is 0 Å². The molecule has 29 heavy (non-hydrogen) atoms. The molecule has 0 aliphatic carbocycles. The van der Waals surface area contributed by atoms with E-state index in [-0.39, 0.29) is 27.1 Å². The first-order chi connectivity index (χ1) is 13.8. The number of carbonyl (C=O) groups excluding carboxylic acids is 1. The summed E-state index contributed by atoms with van der Waals surface area (Å²) in [4.78, 5) is 16.1. The molecular formula is C18H11ClN4O4S2. The van der Waals surface area contributed by atoms with Crippen LogP contribution in [0.1, 0.15) is 5.56 Å². The Balaban J connectivity index is 1.61. The standard InChI is InChI=1S/C18H11ClN4O4S2/c19-14-9-11(8-13-16(20)23-18(22-17(13)24)28-10-21-23)6-7-15(14)27-29(25,26)12-4-2-1-3-5-12/h1-10,20H/b13-8-,20-16?. The van der Waals surface area contributed by atoms with Crippen molar-refractivity contribution < 1.29 is 17.4 Å². The number of fused-ring (bicyclic) bond motifs is 1. The number of halogens is 1. The van der Waals surface area contributed by atoms with Crippen molar-refractivity contribution in [3.8, 4) is 5.75 Å². The van der Waals surface area contributed by atoms with Gasteiger partial charge in [0.1, 0.15) is 4.90 Å². The molecule has 2 aliphatic heterocycles. The maximum Gasteiger partial charge on any atom is 0.339 e. The first kappa shape index (κ1) is 19.4. The van der Waals surface area contributed by atoms with Gasteiger partial charge in [-0.2, -0.15) is 23.5 Å². The van der Waals surface area contributed by atoms with E-state index < -0.39 is 16.0 Å². The van der Waals surface area contributed by atoms with Crippen molar-refractivity contribution in [1.82, 2.24) is 5.01 Å². The summed E-state index contributed by atoms with van der Waals surface area (Å²) in [6.07, 6.45) is 1.44. The van der Waals surface area contributed by atoms with Gasteiger partial charge in [-0.25, -0.2) is 0 Å². The minimum atomic E-state index is -4.03. The highest BCUT2D eigenvalue weighted by Crippen LogP contribution is 2.30. The summed E-state index contributed by atoms with van der Waals surface area (Å²) in [7, 11) is -4.03. The Labute approximate surface area is 175 Å². The van der Waals surface area contributed by atoms with Crippen LogP contribution in [-0.2, 0) is 14.9 Å². The van der Waals surface area contributed by atoms with E-state index in [2.05, 4.69) is 10.1 Å². The van der Waals surface area contributed by atoms with Crippen molar-refractivity contribution >= 4 is 62.0 Å². The Hall–Kier alpha value is -2.95. The topological polar surface area (TPSA) is 112 Å². The summed E-state index contributed by atoms with van der Waals surface area (Å²) in [6, 6.07) is 12.0. The van der Waals surface area contributed by atoms with Crippen molar-refractivity contribution in [2.24, 2.45) is 10.1 Å². The number of nitrogens with zero attached hydrogens (tertiary/aromatic N) is 3. The van der Waals surface area contributed by atoms with Gasteiger partial charge in [0, 0.05) is 0 Å². The lowest BCUT2D eigenvalue weighted by Gasteiger charge is -2.20. The Morgan fingerprint density at radius 1 is 1.17 bits per heavy atom. The van der Waals surface area contributed by atoms with Crippen LogP contribution < -0.4 is 4.18 Å². The molecule has 4 rings (SSSR count). The number of hydrogen-bond acceptors (Lipinski definition) is 7. The van der Waals surface area contributed by atoms with Gasteiger partial charge in [0.15, 0.2) is 16.8 Å². The molecule has 0 spiro atoms. The molecule has 146 valence electrons. The molecule has 0 bridgehead atoms. The van der Waals surface area contributed by atoms with E-state index in [9.17, 15) is 13.2 Å². The number of hydrazone groups is 1. The van der Waals surface area contributed by atoms with Crippen molar-refractivity contribution in [2.75, 3.05) is 0 Å². The Morgan fingerprint density at radius 2 is 1.93 bits per heavy atom. The van der Waals surface area contributed by atoms with Crippen LogP contribution in [0.3, 0.4) is 0 Å². The van der Waals surface area contributed by atoms with Gasteiger partial charge >= 0.3 is 10.1 Å². The number of rotatable bonds is 4. The highest BCUT2D eigenvalue weighted by molar-refractivity contribution is 8.25. The highest BCUT2D eigenvalue weighted by atomic mass is 35.5. The Kier molecular flexibility index (Phi) is 4.99. The molecule has 1 amide bonds.